The molecule has 2 amide bonds. The summed E-state index contributed by atoms with van der Waals surface area (Å²) in [5.41, 5.74) is -1.10. The molecule has 0 saturated carbocycles. The van der Waals surface area contributed by atoms with Gasteiger partial charge < -0.3 is 5.32 Å². The Labute approximate surface area is 146 Å². The van der Waals surface area contributed by atoms with E-state index in [1.165, 1.54) is 11.3 Å². The Bertz CT molecular complexity index is 797. The van der Waals surface area contributed by atoms with Crippen molar-refractivity contribution in [3.8, 4) is 0 Å². The average molecular weight is 348 g/mol. The molecule has 6 nitrogen and oxygen atoms in total. The first kappa shape index (κ1) is 18.3. The van der Waals surface area contributed by atoms with Crippen LogP contribution in [0.2, 0.25) is 0 Å². The van der Waals surface area contributed by atoms with Crippen LogP contribution in [0.1, 0.15) is 46.4 Å². The molecule has 0 fully saturated rings. The predicted octanol–water partition coefficient (Wildman–Crippen LogP) is 3.97. The van der Waals surface area contributed by atoms with Gasteiger partial charge in [-0.3, -0.25) is 14.9 Å². The number of aryl methyl sites for hydroxylation is 1. The summed E-state index contributed by atoms with van der Waals surface area (Å²) in [6.07, 6.45) is 0. The van der Waals surface area contributed by atoms with Gasteiger partial charge in [-0.05, 0) is 13.0 Å². The fourth-order valence-corrected chi connectivity index (χ4v) is 2.66. The van der Waals surface area contributed by atoms with Crippen LogP contribution in [0.4, 0.5) is 11.8 Å². The lowest BCUT2D eigenvalue weighted by Gasteiger charge is -2.19. The topological polar surface area (TPSA) is 84.0 Å². The van der Waals surface area contributed by atoms with Crippen molar-refractivity contribution in [3.05, 3.63) is 10.9 Å². The second-order valence-electron chi connectivity index (χ2n) is 7.88. The van der Waals surface area contributed by atoms with Crippen LogP contribution in [0.15, 0.2) is 6.07 Å². The van der Waals surface area contributed by atoms with Crippen LogP contribution in [0.3, 0.4) is 0 Å². The predicted molar refractivity (Wildman–Crippen MR) is 98.3 cm³/mol. The largest absolute Gasteiger partial charge is 0.310 e. The maximum Gasteiger partial charge on any atom is 0.232 e. The average Bonchev–Trinajstić information content (AvgIpc) is 2.77. The van der Waals surface area contributed by atoms with Crippen molar-refractivity contribution in [2.45, 2.75) is 48.5 Å². The number of rotatable bonds is 2. The normalized spacial score (nSPS) is 12.3. The minimum atomic E-state index is -0.557. The second-order valence-corrected chi connectivity index (χ2v) is 9.11. The Morgan fingerprint density at radius 2 is 1.50 bits per heavy atom. The number of carbonyl (C=O) groups is 2. The van der Waals surface area contributed by atoms with E-state index in [4.69, 9.17) is 0 Å². The molecule has 0 aliphatic rings. The first-order valence-electron chi connectivity index (χ1n) is 7.79. The van der Waals surface area contributed by atoms with Crippen LogP contribution in [0, 0.1) is 17.8 Å². The van der Waals surface area contributed by atoms with Crippen LogP contribution < -0.4 is 10.6 Å². The number of carbonyl (C=O) groups excluding carboxylic acids is 2. The Kier molecular flexibility index (Phi) is 4.68. The third kappa shape index (κ3) is 4.08. The molecule has 0 saturated heterocycles. The zero-order chi connectivity index (χ0) is 18.3. The number of fused-ring (bicyclic) bond motifs is 1. The Balaban J connectivity index is 2.45. The van der Waals surface area contributed by atoms with Crippen molar-refractivity contribution >= 4 is 45.1 Å². The van der Waals surface area contributed by atoms with Gasteiger partial charge in [-0.15, -0.1) is 11.3 Å². The zero-order valence-corrected chi connectivity index (χ0v) is 16.0. The van der Waals surface area contributed by atoms with Gasteiger partial charge in [-0.2, -0.15) is 4.98 Å². The SMILES string of the molecule is Cc1cc2c(NC(=O)C(C)(C)C)nc(NC(=O)C(C)(C)C)nc2s1. The number of amides is 2. The van der Waals surface area contributed by atoms with Crippen molar-refractivity contribution in [2.24, 2.45) is 10.8 Å². The van der Waals surface area contributed by atoms with Crippen LogP contribution in [0.5, 0.6) is 0 Å². The molecule has 0 aromatic carbocycles. The van der Waals surface area contributed by atoms with Crippen LogP contribution in [-0.4, -0.2) is 21.8 Å². The summed E-state index contributed by atoms with van der Waals surface area (Å²) in [6, 6.07) is 1.94. The number of anilines is 2. The molecule has 2 N–H and O–H groups in total. The number of aromatic nitrogens is 2. The summed E-state index contributed by atoms with van der Waals surface area (Å²) in [5.74, 6) is 0.310. The lowest BCUT2D eigenvalue weighted by Crippen LogP contribution is -2.30. The number of nitrogens with zero attached hydrogens (tertiary/aromatic N) is 2. The zero-order valence-electron chi connectivity index (χ0n) is 15.2. The summed E-state index contributed by atoms with van der Waals surface area (Å²) in [6.45, 7) is 12.9. The minimum absolute atomic E-state index is 0.139. The molecule has 2 rings (SSSR count). The molecular formula is C17H24N4O2S. The van der Waals surface area contributed by atoms with Crippen molar-refractivity contribution in [3.63, 3.8) is 0 Å². The molecule has 0 radical (unpaired) electrons. The Hall–Kier alpha value is -2.02. The van der Waals surface area contributed by atoms with Gasteiger partial charge >= 0.3 is 0 Å². The van der Waals surface area contributed by atoms with Gasteiger partial charge in [0.15, 0.2) is 0 Å². The van der Waals surface area contributed by atoms with Gasteiger partial charge in [-0.1, -0.05) is 41.5 Å². The quantitative estimate of drug-likeness (QED) is 0.860. The van der Waals surface area contributed by atoms with Gasteiger partial charge in [-0.25, -0.2) is 4.98 Å². The number of hydrogen-bond donors (Lipinski definition) is 2. The number of hydrogen-bond acceptors (Lipinski definition) is 5. The molecule has 0 atom stereocenters. The van der Waals surface area contributed by atoms with E-state index in [2.05, 4.69) is 20.6 Å². The lowest BCUT2D eigenvalue weighted by atomic mass is 9.96. The third-order valence-electron chi connectivity index (χ3n) is 3.34. The molecular weight excluding hydrogens is 324 g/mol. The number of nitrogens with one attached hydrogen (secondary N) is 2. The molecule has 0 unspecified atom stereocenters. The maximum absolute atomic E-state index is 12.3. The maximum atomic E-state index is 12.3. The molecule has 0 bridgehead atoms. The fraction of sp³-hybridized carbons (Fsp3) is 0.529. The smallest absolute Gasteiger partial charge is 0.232 e. The lowest BCUT2D eigenvalue weighted by molar-refractivity contribution is -0.123. The first-order valence-corrected chi connectivity index (χ1v) is 8.60. The van der Waals surface area contributed by atoms with E-state index in [-0.39, 0.29) is 17.8 Å². The molecule has 2 aromatic heterocycles. The van der Waals surface area contributed by atoms with Crippen molar-refractivity contribution in [1.82, 2.24) is 9.97 Å². The molecule has 130 valence electrons. The Morgan fingerprint density at radius 3 is 2.04 bits per heavy atom. The van der Waals surface area contributed by atoms with E-state index < -0.39 is 10.8 Å². The highest BCUT2D eigenvalue weighted by Crippen LogP contribution is 2.31. The van der Waals surface area contributed by atoms with E-state index in [1.54, 1.807) is 0 Å². The highest BCUT2D eigenvalue weighted by atomic mass is 32.1. The second kappa shape index (κ2) is 6.12. The van der Waals surface area contributed by atoms with Crippen LogP contribution >= 0.6 is 11.3 Å². The highest BCUT2D eigenvalue weighted by Gasteiger charge is 2.25. The van der Waals surface area contributed by atoms with Crippen molar-refractivity contribution in [2.75, 3.05) is 10.6 Å². The number of thiophene rings is 1. The van der Waals surface area contributed by atoms with Gasteiger partial charge in [0.25, 0.3) is 0 Å². The summed E-state index contributed by atoms with van der Waals surface area (Å²) in [4.78, 5) is 35.1. The van der Waals surface area contributed by atoms with Crippen molar-refractivity contribution < 1.29 is 9.59 Å². The standard InChI is InChI=1S/C17H24N4O2S/c1-9-8-10-11(18-13(22)16(2,3)4)19-15(20-12(10)24-9)21-14(23)17(5,6)7/h8H,1-7H3,(H2,18,19,20,21,22,23). The van der Waals surface area contributed by atoms with E-state index in [1.807, 2.05) is 54.5 Å². The summed E-state index contributed by atoms with van der Waals surface area (Å²) in [7, 11) is 0. The van der Waals surface area contributed by atoms with E-state index >= 15 is 0 Å². The molecule has 0 aliphatic carbocycles. The monoisotopic (exact) mass is 348 g/mol. The van der Waals surface area contributed by atoms with E-state index in [0.29, 0.717) is 5.82 Å². The Morgan fingerprint density at radius 1 is 0.958 bits per heavy atom. The summed E-state index contributed by atoms with van der Waals surface area (Å²) in [5, 5.41) is 6.37. The fourth-order valence-electron chi connectivity index (χ4n) is 1.78. The minimum Gasteiger partial charge on any atom is -0.310 e. The molecule has 2 aromatic rings. The van der Waals surface area contributed by atoms with Gasteiger partial charge in [0.1, 0.15) is 10.6 Å². The van der Waals surface area contributed by atoms with Gasteiger partial charge in [0.2, 0.25) is 17.8 Å². The van der Waals surface area contributed by atoms with E-state index in [9.17, 15) is 9.59 Å². The molecule has 7 heteroatoms. The third-order valence-corrected chi connectivity index (χ3v) is 4.28. The summed E-state index contributed by atoms with van der Waals surface area (Å²) < 4.78 is 0. The van der Waals surface area contributed by atoms with Crippen molar-refractivity contribution in [1.29, 1.82) is 0 Å². The molecule has 2 heterocycles. The highest BCUT2D eigenvalue weighted by molar-refractivity contribution is 7.18. The summed E-state index contributed by atoms with van der Waals surface area (Å²) >= 11 is 1.50. The van der Waals surface area contributed by atoms with Crippen LogP contribution in [-0.2, 0) is 9.59 Å². The van der Waals surface area contributed by atoms with E-state index in [0.717, 1.165) is 15.1 Å². The van der Waals surface area contributed by atoms with Crippen LogP contribution in [0.25, 0.3) is 10.2 Å². The molecule has 0 aliphatic heterocycles. The van der Waals surface area contributed by atoms with Gasteiger partial charge in [0.05, 0.1) is 5.39 Å². The first-order chi connectivity index (χ1) is 10.9. The molecule has 24 heavy (non-hydrogen) atoms. The van der Waals surface area contributed by atoms with Gasteiger partial charge in [0, 0.05) is 15.7 Å². The molecule has 0 spiro atoms.